The van der Waals surface area contributed by atoms with Crippen molar-refractivity contribution in [2.45, 2.75) is 6.54 Å². The Kier molecular flexibility index (Phi) is 4.41. The van der Waals surface area contributed by atoms with Gasteiger partial charge in [0.05, 0.1) is 31.2 Å². The molecule has 0 radical (unpaired) electrons. The summed E-state index contributed by atoms with van der Waals surface area (Å²) >= 11 is 0. The number of amides is 3. The molecule has 1 saturated heterocycles. The average molecular weight is 315 g/mol. The smallest absolute Gasteiger partial charge is 0.319 e. The van der Waals surface area contributed by atoms with Gasteiger partial charge < -0.3 is 25.3 Å². The molecule has 3 rings (SSSR count). The molecule has 0 aliphatic carbocycles. The number of carbonyl (C=O) groups is 2. The Morgan fingerprint density at radius 1 is 1.39 bits per heavy atom. The van der Waals surface area contributed by atoms with Crippen molar-refractivity contribution in [1.82, 2.24) is 15.6 Å². The van der Waals surface area contributed by atoms with Gasteiger partial charge in [-0.05, 0) is 24.3 Å². The van der Waals surface area contributed by atoms with E-state index in [1.54, 1.807) is 36.7 Å². The number of hydrogen-bond acceptors (Lipinski definition) is 5. The van der Waals surface area contributed by atoms with Crippen LogP contribution in [0, 0.1) is 0 Å². The van der Waals surface area contributed by atoms with Crippen LogP contribution in [0.25, 0.3) is 0 Å². The van der Waals surface area contributed by atoms with Crippen LogP contribution >= 0.6 is 0 Å². The molecule has 2 aromatic rings. The lowest BCUT2D eigenvalue weighted by Gasteiger charge is -2.27. The lowest BCUT2D eigenvalue weighted by Crippen LogP contribution is -2.48. The van der Waals surface area contributed by atoms with Gasteiger partial charge in [0.15, 0.2) is 0 Å². The first-order valence-corrected chi connectivity index (χ1v) is 7.25. The Morgan fingerprint density at radius 3 is 3.00 bits per heavy atom. The fourth-order valence-electron chi connectivity index (χ4n) is 2.24. The van der Waals surface area contributed by atoms with Crippen molar-refractivity contribution in [3.05, 3.63) is 42.5 Å². The number of nitrogens with zero attached hydrogens (tertiary/aromatic N) is 2. The molecule has 23 heavy (non-hydrogen) atoms. The van der Waals surface area contributed by atoms with E-state index in [1.807, 2.05) is 4.90 Å². The number of rotatable bonds is 4. The molecule has 0 saturated carbocycles. The van der Waals surface area contributed by atoms with Crippen LogP contribution in [0.1, 0.15) is 5.76 Å². The van der Waals surface area contributed by atoms with Crippen molar-refractivity contribution in [2.75, 3.05) is 29.9 Å². The summed E-state index contributed by atoms with van der Waals surface area (Å²) in [5.74, 6) is 1.37. The highest BCUT2D eigenvalue weighted by Crippen LogP contribution is 2.14. The first-order valence-electron chi connectivity index (χ1n) is 7.25. The van der Waals surface area contributed by atoms with Gasteiger partial charge in [-0.15, -0.1) is 0 Å². The van der Waals surface area contributed by atoms with Gasteiger partial charge in [-0.1, -0.05) is 0 Å². The first kappa shape index (κ1) is 14.9. The summed E-state index contributed by atoms with van der Waals surface area (Å²) in [6, 6.07) is 6.74. The summed E-state index contributed by atoms with van der Waals surface area (Å²) in [5.41, 5.74) is 0.576. The predicted molar refractivity (Wildman–Crippen MR) is 84.0 cm³/mol. The van der Waals surface area contributed by atoms with Crippen molar-refractivity contribution in [2.24, 2.45) is 0 Å². The first-order chi connectivity index (χ1) is 11.2. The minimum atomic E-state index is -0.340. The Bertz CT molecular complexity index is 669. The zero-order valence-corrected chi connectivity index (χ0v) is 12.4. The fourth-order valence-corrected chi connectivity index (χ4v) is 2.24. The number of anilines is 2. The molecule has 8 nitrogen and oxygen atoms in total. The molecule has 3 N–H and O–H groups in total. The van der Waals surface area contributed by atoms with Crippen molar-refractivity contribution in [1.29, 1.82) is 0 Å². The van der Waals surface area contributed by atoms with Crippen LogP contribution in [0.3, 0.4) is 0 Å². The molecule has 0 bridgehead atoms. The van der Waals surface area contributed by atoms with Crippen LogP contribution in [0.2, 0.25) is 0 Å². The lowest BCUT2D eigenvalue weighted by molar-refractivity contribution is -0.120. The minimum absolute atomic E-state index is 0.0162. The van der Waals surface area contributed by atoms with Gasteiger partial charge in [-0.25, -0.2) is 9.78 Å². The van der Waals surface area contributed by atoms with E-state index in [0.29, 0.717) is 36.9 Å². The van der Waals surface area contributed by atoms with E-state index in [-0.39, 0.29) is 11.9 Å². The summed E-state index contributed by atoms with van der Waals surface area (Å²) in [6.45, 7) is 1.93. The highest BCUT2D eigenvalue weighted by molar-refractivity contribution is 5.89. The summed E-state index contributed by atoms with van der Waals surface area (Å²) in [6.07, 6.45) is 3.12. The van der Waals surface area contributed by atoms with Crippen LogP contribution in [0.15, 0.2) is 41.1 Å². The van der Waals surface area contributed by atoms with Crippen LogP contribution < -0.4 is 20.9 Å². The predicted octanol–water partition coefficient (Wildman–Crippen LogP) is 0.932. The lowest BCUT2D eigenvalue weighted by atomic mass is 10.3. The van der Waals surface area contributed by atoms with Gasteiger partial charge in [0.1, 0.15) is 11.6 Å². The van der Waals surface area contributed by atoms with E-state index < -0.39 is 0 Å². The third-order valence-electron chi connectivity index (χ3n) is 3.37. The molecule has 3 heterocycles. The fraction of sp³-hybridized carbons (Fsp3) is 0.267. The van der Waals surface area contributed by atoms with E-state index in [2.05, 4.69) is 20.9 Å². The molecule has 0 spiro atoms. The Labute approximate surface area is 132 Å². The van der Waals surface area contributed by atoms with E-state index in [4.69, 9.17) is 4.42 Å². The van der Waals surface area contributed by atoms with Gasteiger partial charge in [-0.2, -0.15) is 0 Å². The van der Waals surface area contributed by atoms with Gasteiger partial charge in [0.25, 0.3) is 0 Å². The molecule has 0 aromatic carbocycles. The zero-order valence-electron chi connectivity index (χ0n) is 12.4. The van der Waals surface area contributed by atoms with Crippen molar-refractivity contribution >= 4 is 23.4 Å². The Hall–Kier alpha value is -3.03. The number of aromatic nitrogens is 1. The molecule has 1 aliphatic heterocycles. The molecule has 120 valence electrons. The number of pyridine rings is 1. The van der Waals surface area contributed by atoms with E-state index in [9.17, 15) is 9.59 Å². The second-order valence-electron chi connectivity index (χ2n) is 5.06. The highest BCUT2D eigenvalue weighted by atomic mass is 16.3. The highest BCUT2D eigenvalue weighted by Gasteiger charge is 2.17. The Balaban J connectivity index is 1.52. The van der Waals surface area contributed by atoms with Gasteiger partial charge in [0, 0.05) is 13.1 Å². The number of piperazine rings is 1. The summed E-state index contributed by atoms with van der Waals surface area (Å²) in [5, 5.41) is 8.14. The van der Waals surface area contributed by atoms with E-state index in [0.717, 1.165) is 6.54 Å². The maximum absolute atomic E-state index is 11.8. The number of furan rings is 1. The van der Waals surface area contributed by atoms with Crippen LogP contribution in [-0.2, 0) is 11.3 Å². The second-order valence-corrected chi connectivity index (χ2v) is 5.06. The maximum Gasteiger partial charge on any atom is 0.319 e. The van der Waals surface area contributed by atoms with Crippen molar-refractivity contribution in [3.8, 4) is 0 Å². The maximum atomic E-state index is 11.8. The van der Waals surface area contributed by atoms with Gasteiger partial charge in [0.2, 0.25) is 5.91 Å². The second kappa shape index (κ2) is 6.82. The van der Waals surface area contributed by atoms with Crippen LogP contribution in [0.5, 0.6) is 0 Å². The topological polar surface area (TPSA) is 99.5 Å². The van der Waals surface area contributed by atoms with E-state index in [1.165, 1.54) is 0 Å². The molecular weight excluding hydrogens is 298 g/mol. The van der Waals surface area contributed by atoms with E-state index >= 15 is 0 Å². The molecule has 2 aromatic heterocycles. The number of carbonyl (C=O) groups excluding carboxylic acids is 2. The molecule has 3 amide bonds. The van der Waals surface area contributed by atoms with Gasteiger partial charge in [-0.3, -0.25) is 4.79 Å². The third kappa shape index (κ3) is 4.00. The summed E-state index contributed by atoms with van der Waals surface area (Å²) in [4.78, 5) is 29.3. The number of hydrogen-bond donors (Lipinski definition) is 3. The third-order valence-corrected chi connectivity index (χ3v) is 3.37. The molecule has 1 fully saturated rings. The number of urea groups is 1. The average Bonchev–Trinajstić information content (AvgIpc) is 3.07. The monoisotopic (exact) mass is 315 g/mol. The van der Waals surface area contributed by atoms with Crippen molar-refractivity contribution in [3.63, 3.8) is 0 Å². The normalized spacial score (nSPS) is 14.3. The zero-order chi connectivity index (χ0) is 16.1. The number of nitrogens with one attached hydrogen (secondary N) is 3. The minimum Gasteiger partial charge on any atom is -0.467 e. The quantitative estimate of drug-likeness (QED) is 0.779. The standard InChI is InChI=1S/C15H17N5O3/c21-14-10-20(6-5-16-14)13-4-3-11(8-17-13)19-15(22)18-9-12-2-1-7-23-12/h1-4,7-8H,5-6,9-10H2,(H,16,21)(H2,18,19,22). The molecule has 0 atom stereocenters. The molecular formula is C15H17N5O3. The van der Waals surface area contributed by atoms with Crippen LogP contribution in [-0.4, -0.2) is 36.6 Å². The van der Waals surface area contributed by atoms with Crippen molar-refractivity contribution < 1.29 is 14.0 Å². The molecule has 0 unspecified atom stereocenters. The summed E-state index contributed by atoms with van der Waals surface area (Å²) in [7, 11) is 0. The largest absolute Gasteiger partial charge is 0.467 e. The van der Waals surface area contributed by atoms with Gasteiger partial charge >= 0.3 is 6.03 Å². The molecule has 1 aliphatic rings. The van der Waals surface area contributed by atoms with Crippen LogP contribution in [0.4, 0.5) is 16.3 Å². The SMILES string of the molecule is O=C1CN(c2ccc(NC(=O)NCc3ccco3)cn2)CCN1. The molecule has 8 heteroatoms. The Morgan fingerprint density at radius 2 is 2.30 bits per heavy atom. The summed E-state index contributed by atoms with van der Waals surface area (Å²) < 4.78 is 5.13.